The third-order valence-electron chi connectivity index (χ3n) is 3.77. The summed E-state index contributed by atoms with van der Waals surface area (Å²) in [6, 6.07) is 15.2. The molecule has 0 amide bonds. The number of nitrogens with zero attached hydrogens (tertiary/aromatic N) is 1. The normalized spacial score (nSPS) is 17.5. The van der Waals surface area contributed by atoms with Crippen molar-refractivity contribution in [3.63, 3.8) is 0 Å². The minimum Gasteiger partial charge on any atom is -0.248 e. The quantitative estimate of drug-likeness (QED) is 0.569. The van der Waals surface area contributed by atoms with E-state index < -0.39 is 17.9 Å². The lowest BCUT2D eigenvalue weighted by Crippen LogP contribution is -2.55. The van der Waals surface area contributed by atoms with Crippen LogP contribution >= 0.6 is 11.8 Å². The van der Waals surface area contributed by atoms with Gasteiger partial charge in [-0.1, -0.05) is 72.4 Å². The first-order chi connectivity index (χ1) is 12.1. The summed E-state index contributed by atoms with van der Waals surface area (Å²) in [6.07, 6.45) is -11.1. The summed E-state index contributed by atoms with van der Waals surface area (Å²) >= 11 is 0.783. The first-order valence-electron chi connectivity index (χ1n) is 7.39. The molecule has 2 aromatic rings. The van der Waals surface area contributed by atoms with Crippen molar-refractivity contribution >= 4 is 21.7 Å². The van der Waals surface area contributed by atoms with Gasteiger partial charge < -0.3 is 0 Å². The van der Waals surface area contributed by atoms with Crippen LogP contribution in [0.5, 0.6) is 0 Å². The van der Waals surface area contributed by atoms with E-state index >= 15 is 0 Å². The molecule has 0 saturated heterocycles. The average molecular weight is 387 g/mol. The molecule has 0 unspecified atom stereocenters. The molecule has 1 aliphatic rings. The molecule has 0 aliphatic carbocycles. The maximum absolute atomic E-state index is 13.6. The van der Waals surface area contributed by atoms with E-state index in [-0.39, 0.29) is 27.2 Å². The van der Waals surface area contributed by atoms with Crippen LogP contribution in [0, 0.1) is 0 Å². The van der Waals surface area contributed by atoms with Crippen LogP contribution in [0.4, 0.5) is 26.3 Å². The molecule has 0 spiro atoms. The second kappa shape index (κ2) is 6.50. The van der Waals surface area contributed by atoms with Crippen LogP contribution in [0.2, 0.25) is 0 Å². The average Bonchev–Trinajstić information content (AvgIpc) is 2.61. The molecule has 3 rings (SSSR count). The van der Waals surface area contributed by atoms with Gasteiger partial charge in [0.05, 0.1) is 0 Å². The minimum atomic E-state index is -5.63. The van der Waals surface area contributed by atoms with Crippen LogP contribution in [0.15, 0.2) is 71.7 Å². The standard InChI is InChI=1S/C18H11F6NS/c19-17(20,21)16(18(22,23)24)11-14(12-7-3-1-4-8-12)26-15(25-16)13-9-5-2-6-10-13/h1-11H. The topological polar surface area (TPSA) is 12.4 Å². The van der Waals surface area contributed by atoms with Gasteiger partial charge in [0.1, 0.15) is 5.04 Å². The molecule has 0 aromatic heterocycles. The van der Waals surface area contributed by atoms with Crippen molar-refractivity contribution in [3.8, 4) is 0 Å². The summed E-state index contributed by atoms with van der Waals surface area (Å²) in [5.41, 5.74) is -3.84. The monoisotopic (exact) mass is 387 g/mol. The summed E-state index contributed by atoms with van der Waals surface area (Å²) in [5.74, 6) is 0. The number of halogens is 6. The number of hydrogen-bond acceptors (Lipinski definition) is 2. The van der Waals surface area contributed by atoms with Crippen molar-refractivity contribution in [3.05, 3.63) is 77.9 Å². The second-order valence-electron chi connectivity index (χ2n) is 5.52. The van der Waals surface area contributed by atoms with E-state index in [4.69, 9.17) is 0 Å². The van der Waals surface area contributed by atoms with Crippen LogP contribution in [-0.2, 0) is 0 Å². The van der Waals surface area contributed by atoms with Crippen molar-refractivity contribution in [1.29, 1.82) is 0 Å². The van der Waals surface area contributed by atoms with E-state index in [9.17, 15) is 26.3 Å². The Bertz CT molecular complexity index is 766. The Balaban J connectivity index is 2.25. The van der Waals surface area contributed by atoms with Gasteiger partial charge in [-0.15, -0.1) is 0 Å². The van der Waals surface area contributed by atoms with Crippen LogP contribution < -0.4 is 0 Å². The number of hydrogen-bond donors (Lipinski definition) is 0. The van der Waals surface area contributed by atoms with Crippen LogP contribution in [0.1, 0.15) is 11.1 Å². The number of thioether (sulfide) groups is 1. The van der Waals surface area contributed by atoms with Gasteiger partial charge in [0.15, 0.2) is 0 Å². The highest BCUT2D eigenvalue weighted by Crippen LogP contribution is 2.52. The first-order valence-corrected chi connectivity index (χ1v) is 8.20. The molecule has 8 heteroatoms. The van der Waals surface area contributed by atoms with E-state index in [0.29, 0.717) is 0 Å². The van der Waals surface area contributed by atoms with Crippen molar-refractivity contribution in [2.24, 2.45) is 4.99 Å². The van der Waals surface area contributed by atoms with Crippen molar-refractivity contribution < 1.29 is 26.3 Å². The third kappa shape index (κ3) is 3.25. The fourth-order valence-corrected chi connectivity index (χ4v) is 3.57. The molecule has 1 heterocycles. The molecule has 0 radical (unpaired) electrons. The lowest BCUT2D eigenvalue weighted by atomic mass is 9.96. The summed E-state index contributed by atoms with van der Waals surface area (Å²) < 4.78 is 81.5. The lowest BCUT2D eigenvalue weighted by Gasteiger charge is -2.35. The molecular weight excluding hydrogens is 376 g/mol. The Morgan fingerprint density at radius 3 is 1.62 bits per heavy atom. The van der Waals surface area contributed by atoms with Crippen molar-refractivity contribution in [1.82, 2.24) is 0 Å². The smallest absolute Gasteiger partial charge is 0.248 e. The molecule has 2 aromatic carbocycles. The molecule has 0 saturated carbocycles. The van der Waals surface area contributed by atoms with Gasteiger partial charge >= 0.3 is 12.4 Å². The summed E-state index contributed by atoms with van der Waals surface area (Å²) in [7, 11) is 0. The maximum atomic E-state index is 13.6. The van der Waals surface area contributed by atoms with E-state index in [0.717, 1.165) is 11.8 Å². The molecule has 1 aliphatic heterocycles. The van der Waals surface area contributed by atoms with Gasteiger partial charge in [0.25, 0.3) is 5.54 Å². The van der Waals surface area contributed by atoms with Gasteiger partial charge in [-0.05, 0) is 11.6 Å². The van der Waals surface area contributed by atoms with E-state index in [1.54, 1.807) is 24.3 Å². The van der Waals surface area contributed by atoms with Crippen molar-refractivity contribution in [2.75, 3.05) is 0 Å². The van der Waals surface area contributed by atoms with Crippen LogP contribution in [0.3, 0.4) is 0 Å². The third-order valence-corrected chi connectivity index (χ3v) is 4.86. The van der Waals surface area contributed by atoms with E-state index in [1.165, 1.54) is 36.4 Å². The van der Waals surface area contributed by atoms with Gasteiger partial charge in [-0.25, -0.2) is 4.99 Å². The highest BCUT2D eigenvalue weighted by atomic mass is 32.2. The summed E-state index contributed by atoms with van der Waals surface area (Å²) in [4.78, 5) is 3.01. The second-order valence-corrected chi connectivity index (χ2v) is 6.55. The summed E-state index contributed by atoms with van der Waals surface area (Å²) in [5, 5.41) is -0.332. The Morgan fingerprint density at radius 1 is 0.692 bits per heavy atom. The van der Waals surface area contributed by atoms with Gasteiger partial charge in [0.2, 0.25) is 0 Å². The zero-order valence-electron chi connectivity index (χ0n) is 13.0. The van der Waals surface area contributed by atoms with Crippen LogP contribution in [0.25, 0.3) is 4.91 Å². The Morgan fingerprint density at radius 2 is 1.15 bits per heavy atom. The number of rotatable bonds is 2. The van der Waals surface area contributed by atoms with E-state index in [1.807, 2.05) is 0 Å². The fraction of sp³-hybridized carbons (Fsp3) is 0.167. The first kappa shape index (κ1) is 18.6. The molecule has 26 heavy (non-hydrogen) atoms. The fourth-order valence-electron chi connectivity index (χ4n) is 2.44. The van der Waals surface area contributed by atoms with Crippen LogP contribution in [-0.4, -0.2) is 22.9 Å². The number of benzene rings is 2. The number of alkyl halides is 6. The molecule has 0 fully saturated rings. The Kier molecular flexibility index (Phi) is 4.64. The maximum Gasteiger partial charge on any atom is 0.426 e. The molecule has 0 bridgehead atoms. The minimum absolute atomic E-state index is 0.144. The molecule has 0 atom stereocenters. The number of aliphatic imine (C=N–C) groups is 1. The zero-order chi connectivity index (χ0) is 19.0. The Labute approximate surface area is 149 Å². The van der Waals surface area contributed by atoms with E-state index in [2.05, 4.69) is 4.99 Å². The lowest BCUT2D eigenvalue weighted by molar-refractivity contribution is -0.278. The molecule has 1 nitrogen and oxygen atoms in total. The highest BCUT2D eigenvalue weighted by Gasteiger charge is 2.71. The zero-order valence-corrected chi connectivity index (χ0v) is 13.8. The molecule has 136 valence electrons. The van der Waals surface area contributed by atoms with Gasteiger partial charge in [-0.2, -0.15) is 26.3 Å². The SMILES string of the molecule is FC(F)(F)C1(C(F)(F)F)C=C(c2ccccc2)SC(c2ccccc2)=N1. The predicted octanol–water partition coefficient (Wildman–Crippen LogP) is 6.08. The highest BCUT2D eigenvalue weighted by molar-refractivity contribution is 8.22. The van der Waals surface area contributed by atoms with Gasteiger partial charge in [0, 0.05) is 10.5 Å². The molecule has 0 N–H and O–H groups in total. The summed E-state index contributed by atoms with van der Waals surface area (Å²) in [6.45, 7) is 0. The van der Waals surface area contributed by atoms with Crippen molar-refractivity contribution in [2.45, 2.75) is 17.9 Å². The largest absolute Gasteiger partial charge is 0.426 e. The predicted molar refractivity (Wildman–Crippen MR) is 89.8 cm³/mol. The Hall–Kier alpha value is -2.22. The molecular formula is C18H11F6NS. The van der Waals surface area contributed by atoms with Gasteiger partial charge in [-0.3, -0.25) is 0 Å².